The highest BCUT2D eigenvalue weighted by atomic mass is 32.2. The first-order valence-corrected chi connectivity index (χ1v) is 15.2. The van der Waals surface area contributed by atoms with Gasteiger partial charge in [0.25, 0.3) is 11.8 Å². The van der Waals surface area contributed by atoms with Gasteiger partial charge in [0.1, 0.15) is 0 Å². The number of rotatable bonds is 9. The van der Waals surface area contributed by atoms with Crippen molar-refractivity contribution in [1.29, 1.82) is 0 Å². The first-order valence-electron chi connectivity index (χ1n) is 13.8. The summed E-state index contributed by atoms with van der Waals surface area (Å²) in [6.07, 6.45) is 1.63. The van der Waals surface area contributed by atoms with E-state index in [1.165, 1.54) is 10.4 Å². The van der Waals surface area contributed by atoms with Gasteiger partial charge in [0, 0.05) is 49.2 Å². The minimum Gasteiger partial charge on any atom is -0.378 e. The molecule has 10 heteroatoms. The topological polar surface area (TPSA) is 108 Å². The molecule has 2 aliphatic rings. The monoisotopic (exact) mass is 574 g/mol. The molecule has 2 heterocycles. The summed E-state index contributed by atoms with van der Waals surface area (Å²) in [4.78, 5) is 28.2. The quantitative estimate of drug-likeness (QED) is 0.364. The van der Waals surface area contributed by atoms with E-state index in [-0.39, 0.29) is 16.7 Å². The first-order chi connectivity index (χ1) is 19.8. The second-order valence-corrected chi connectivity index (χ2v) is 12.1. The average Bonchev–Trinajstić information content (AvgIpc) is 3.34. The SMILES string of the molecule is CCCCN(C)S(=O)(=O)c1ccc2c(c1)/C(=C(/Nc1ccc(C(=O)N3CCOCC3)cc1)c1ccccc1)C(=O)N2. The number of amides is 2. The Labute approximate surface area is 240 Å². The van der Waals surface area contributed by atoms with Crippen LogP contribution in [0.3, 0.4) is 0 Å². The van der Waals surface area contributed by atoms with Crippen LogP contribution in [0.5, 0.6) is 0 Å². The van der Waals surface area contributed by atoms with Crippen LogP contribution in [-0.2, 0) is 19.6 Å². The summed E-state index contributed by atoms with van der Waals surface area (Å²) in [5.74, 6) is -0.386. The van der Waals surface area contributed by atoms with Crippen LogP contribution in [-0.4, -0.2) is 69.3 Å². The molecule has 0 aromatic heterocycles. The molecule has 3 aromatic carbocycles. The maximum Gasteiger partial charge on any atom is 0.258 e. The molecule has 3 aromatic rings. The van der Waals surface area contributed by atoms with Gasteiger partial charge in [-0.05, 0) is 54.4 Å². The van der Waals surface area contributed by atoms with E-state index in [4.69, 9.17) is 4.74 Å². The molecule has 0 atom stereocenters. The Morgan fingerprint density at radius 1 is 1.00 bits per heavy atom. The zero-order valence-electron chi connectivity index (χ0n) is 23.2. The lowest BCUT2D eigenvalue weighted by Gasteiger charge is -2.27. The van der Waals surface area contributed by atoms with Crippen molar-refractivity contribution in [1.82, 2.24) is 9.21 Å². The minimum atomic E-state index is -3.74. The van der Waals surface area contributed by atoms with Gasteiger partial charge in [-0.2, -0.15) is 0 Å². The molecule has 0 bridgehead atoms. The first kappa shape index (κ1) is 28.5. The molecule has 2 N–H and O–H groups in total. The highest BCUT2D eigenvalue weighted by Gasteiger charge is 2.31. The normalized spacial score (nSPS) is 16.4. The fourth-order valence-electron chi connectivity index (χ4n) is 4.91. The molecular formula is C31H34N4O5S. The summed E-state index contributed by atoms with van der Waals surface area (Å²) in [5, 5.41) is 6.26. The van der Waals surface area contributed by atoms with Crippen LogP contribution < -0.4 is 10.6 Å². The van der Waals surface area contributed by atoms with E-state index in [0.717, 1.165) is 18.4 Å². The molecule has 1 fully saturated rings. The van der Waals surface area contributed by atoms with Gasteiger partial charge in [-0.3, -0.25) is 9.59 Å². The second kappa shape index (κ2) is 12.3. The Kier molecular flexibility index (Phi) is 8.53. The summed E-state index contributed by atoms with van der Waals surface area (Å²) < 4.78 is 33.3. The molecule has 41 heavy (non-hydrogen) atoms. The molecule has 214 valence electrons. The predicted octanol–water partition coefficient (Wildman–Crippen LogP) is 4.51. The lowest BCUT2D eigenvalue weighted by Crippen LogP contribution is -2.40. The van der Waals surface area contributed by atoms with Gasteiger partial charge in [-0.25, -0.2) is 12.7 Å². The summed E-state index contributed by atoms with van der Waals surface area (Å²) in [6, 6.07) is 21.2. The third-order valence-corrected chi connectivity index (χ3v) is 9.14. The van der Waals surface area contributed by atoms with Crippen LogP contribution in [0.15, 0.2) is 77.7 Å². The number of morpholine rings is 1. The van der Waals surface area contributed by atoms with Crippen molar-refractivity contribution in [2.75, 3.05) is 50.5 Å². The number of sulfonamides is 1. The summed E-state index contributed by atoms with van der Waals surface area (Å²) in [5.41, 5.74) is 3.92. The number of carbonyl (C=O) groups excluding carboxylic acids is 2. The molecule has 5 rings (SSSR count). The van der Waals surface area contributed by atoms with Crippen molar-refractivity contribution in [2.45, 2.75) is 24.7 Å². The number of hydrogen-bond donors (Lipinski definition) is 2. The van der Waals surface area contributed by atoms with E-state index in [2.05, 4.69) is 10.6 Å². The van der Waals surface area contributed by atoms with E-state index < -0.39 is 10.0 Å². The lowest BCUT2D eigenvalue weighted by molar-refractivity contribution is -0.110. The van der Waals surface area contributed by atoms with Crippen LogP contribution in [0.25, 0.3) is 11.3 Å². The van der Waals surface area contributed by atoms with E-state index in [1.807, 2.05) is 37.3 Å². The average molecular weight is 575 g/mol. The van der Waals surface area contributed by atoms with Crippen molar-refractivity contribution < 1.29 is 22.7 Å². The highest BCUT2D eigenvalue weighted by Crippen LogP contribution is 2.39. The van der Waals surface area contributed by atoms with Gasteiger partial charge in [0.2, 0.25) is 10.0 Å². The zero-order chi connectivity index (χ0) is 29.0. The number of nitrogens with one attached hydrogen (secondary N) is 2. The third-order valence-electron chi connectivity index (χ3n) is 7.28. The number of hydrogen-bond acceptors (Lipinski definition) is 6. The summed E-state index contributed by atoms with van der Waals surface area (Å²) in [7, 11) is -2.17. The van der Waals surface area contributed by atoms with Gasteiger partial charge in [-0.15, -0.1) is 0 Å². The molecule has 9 nitrogen and oxygen atoms in total. The fraction of sp³-hybridized carbons (Fsp3) is 0.290. The minimum absolute atomic E-state index is 0.0526. The molecule has 1 saturated heterocycles. The Bertz CT molecular complexity index is 1560. The van der Waals surface area contributed by atoms with Crippen LogP contribution in [0.2, 0.25) is 0 Å². The molecule has 0 radical (unpaired) electrons. The van der Waals surface area contributed by atoms with Crippen molar-refractivity contribution in [3.8, 4) is 0 Å². The molecule has 0 saturated carbocycles. The number of unbranched alkanes of at least 4 members (excludes halogenated alkanes) is 1. The molecule has 2 amide bonds. The van der Waals surface area contributed by atoms with Gasteiger partial charge in [0.05, 0.1) is 29.4 Å². The maximum atomic E-state index is 13.4. The number of nitrogens with zero attached hydrogens (tertiary/aromatic N) is 2. The standard InChI is InChI=1S/C31H34N4O5S/c1-3-4-16-34(2)41(38,39)25-14-15-27-26(21-25)28(30(36)33-27)29(22-8-6-5-7-9-22)32-24-12-10-23(11-13-24)31(37)35-17-19-40-20-18-35/h5-15,21,32H,3-4,16-20H2,1-2H3,(H,33,36)/b29-28-. The molecule has 0 aliphatic carbocycles. The van der Waals surface area contributed by atoms with Gasteiger partial charge in [0.15, 0.2) is 0 Å². The van der Waals surface area contributed by atoms with Crippen LogP contribution >= 0.6 is 0 Å². The van der Waals surface area contributed by atoms with Gasteiger partial charge >= 0.3 is 0 Å². The lowest BCUT2D eigenvalue weighted by atomic mass is 10.00. The summed E-state index contributed by atoms with van der Waals surface area (Å²) in [6.45, 7) is 4.60. The number of fused-ring (bicyclic) bond motifs is 1. The Morgan fingerprint density at radius 2 is 1.71 bits per heavy atom. The van der Waals surface area contributed by atoms with E-state index >= 15 is 0 Å². The van der Waals surface area contributed by atoms with E-state index in [1.54, 1.807) is 48.3 Å². The molecule has 2 aliphatic heterocycles. The van der Waals surface area contributed by atoms with Crippen LogP contribution in [0, 0.1) is 0 Å². The van der Waals surface area contributed by atoms with Crippen molar-refractivity contribution in [2.24, 2.45) is 0 Å². The molecule has 0 unspecified atom stereocenters. The zero-order valence-corrected chi connectivity index (χ0v) is 24.0. The third kappa shape index (κ3) is 6.04. The Morgan fingerprint density at radius 3 is 2.39 bits per heavy atom. The predicted molar refractivity (Wildman–Crippen MR) is 160 cm³/mol. The Hall–Kier alpha value is -3.99. The second-order valence-electron chi connectivity index (χ2n) is 10.1. The van der Waals surface area contributed by atoms with Crippen LogP contribution in [0.1, 0.15) is 41.3 Å². The number of carbonyl (C=O) groups is 2. The van der Waals surface area contributed by atoms with Crippen molar-refractivity contribution in [3.63, 3.8) is 0 Å². The molecule has 0 spiro atoms. The smallest absolute Gasteiger partial charge is 0.258 e. The number of anilines is 2. The largest absolute Gasteiger partial charge is 0.378 e. The Balaban J connectivity index is 1.52. The number of ether oxygens (including phenoxy) is 1. The highest BCUT2D eigenvalue weighted by molar-refractivity contribution is 7.89. The summed E-state index contributed by atoms with van der Waals surface area (Å²) >= 11 is 0. The fourth-order valence-corrected chi connectivity index (χ4v) is 6.15. The van der Waals surface area contributed by atoms with Crippen molar-refractivity contribution >= 4 is 44.5 Å². The van der Waals surface area contributed by atoms with E-state index in [0.29, 0.717) is 66.6 Å². The molecular weight excluding hydrogens is 540 g/mol. The van der Waals surface area contributed by atoms with E-state index in [9.17, 15) is 18.0 Å². The van der Waals surface area contributed by atoms with Crippen LogP contribution in [0.4, 0.5) is 11.4 Å². The number of benzene rings is 3. The van der Waals surface area contributed by atoms with Gasteiger partial charge < -0.3 is 20.3 Å². The maximum absolute atomic E-state index is 13.4. The van der Waals surface area contributed by atoms with Gasteiger partial charge in [-0.1, -0.05) is 43.7 Å². The van der Waals surface area contributed by atoms with Crippen molar-refractivity contribution in [3.05, 3.63) is 89.5 Å².